The maximum atomic E-state index is 11.0. The zero-order chi connectivity index (χ0) is 8.69. The monoisotopic (exact) mass is 158 g/mol. The van der Waals surface area contributed by atoms with Gasteiger partial charge in [0, 0.05) is 0 Å². The Labute approximate surface area is 67.0 Å². The largest absolute Gasteiger partial charge is 0.487 e. The summed E-state index contributed by atoms with van der Waals surface area (Å²) in [5.74, 6) is -0.324. The van der Waals surface area contributed by atoms with E-state index in [1.54, 1.807) is 6.92 Å². The van der Waals surface area contributed by atoms with E-state index < -0.39 is 6.10 Å². The molecule has 64 valence electrons. The minimum atomic E-state index is -0.493. The van der Waals surface area contributed by atoms with E-state index in [1.807, 2.05) is 6.92 Å². The first-order chi connectivity index (χ1) is 5.26. The highest BCUT2D eigenvalue weighted by Gasteiger charge is 2.16. The van der Waals surface area contributed by atoms with Crippen LogP contribution in [0.3, 0.4) is 0 Å². The van der Waals surface area contributed by atoms with Crippen LogP contribution >= 0.6 is 0 Å². The molecule has 11 heavy (non-hydrogen) atoms. The SMILES string of the molecule is C=COC(CC)C(=O)OCC. The summed E-state index contributed by atoms with van der Waals surface area (Å²) >= 11 is 0. The predicted molar refractivity (Wildman–Crippen MR) is 42.0 cm³/mol. The second-order valence-corrected chi connectivity index (χ2v) is 1.95. The van der Waals surface area contributed by atoms with Crippen LogP contribution in [-0.2, 0) is 14.3 Å². The molecule has 0 aliphatic carbocycles. The molecule has 0 aromatic carbocycles. The second-order valence-electron chi connectivity index (χ2n) is 1.95. The van der Waals surface area contributed by atoms with Gasteiger partial charge in [-0.1, -0.05) is 13.5 Å². The van der Waals surface area contributed by atoms with Crippen molar-refractivity contribution in [1.82, 2.24) is 0 Å². The van der Waals surface area contributed by atoms with Crippen molar-refractivity contribution in [2.45, 2.75) is 26.4 Å². The summed E-state index contributed by atoms with van der Waals surface area (Å²) in [5.41, 5.74) is 0. The third kappa shape index (κ3) is 3.65. The minimum Gasteiger partial charge on any atom is -0.487 e. The highest BCUT2D eigenvalue weighted by molar-refractivity contribution is 5.74. The molecule has 3 nitrogen and oxygen atoms in total. The van der Waals surface area contributed by atoms with Crippen molar-refractivity contribution < 1.29 is 14.3 Å². The number of hydrogen-bond acceptors (Lipinski definition) is 3. The fourth-order valence-electron chi connectivity index (χ4n) is 0.670. The molecule has 1 atom stereocenters. The van der Waals surface area contributed by atoms with E-state index >= 15 is 0 Å². The van der Waals surface area contributed by atoms with Crippen LogP contribution in [0, 0.1) is 0 Å². The summed E-state index contributed by atoms with van der Waals surface area (Å²) in [6.07, 6.45) is 1.36. The molecule has 0 saturated heterocycles. The molecule has 0 N–H and O–H groups in total. The maximum Gasteiger partial charge on any atom is 0.347 e. The van der Waals surface area contributed by atoms with Crippen LogP contribution in [0.15, 0.2) is 12.8 Å². The van der Waals surface area contributed by atoms with Crippen molar-refractivity contribution >= 4 is 5.97 Å². The van der Waals surface area contributed by atoms with Gasteiger partial charge < -0.3 is 9.47 Å². The molecule has 0 aromatic heterocycles. The number of hydrogen-bond donors (Lipinski definition) is 0. The fraction of sp³-hybridized carbons (Fsp3) is 0.625. The van der Waals surface area contributed by atoms with Gasteiger partial charge in [-0.3, -0.25) is 0 Å². The van der Waals surface area contributed by atoms with Crippen LogP contribution < -0.4 is 0 Å². The van der Waals surface area contributed by atoms with E-state index in [0.29, 0.717) is 13.0 Å². The van der Waals surface area contributed by atoms with Crippen LogP contribution in [0.2, 0.25) is 0 Å². The van der Waals surface area contributed by atoms with Crippen molar-refractivity contribution in [2.24, 2.45) is 0 Å². The number of ether oxygens (including phenoxy) is 2. The highest BCUT2D eigenvalue weighted by atomic mass is 16.6. The molecule has 0 bridgehead atoms. The van der Waals surface area contributed by atoms with Gasteiger partial charge in [-0.25, -0.2) is 4.79 Å². The van der Waals surface area contributed by atoms with Crippen molar-refractivity contribution in [3.8, 4) is 0 Å². The average Bonchev–Trinajstić information content (AvgIpc) is 2.00. The van der Waals surface area contributed by atoms with Gasteiger partial charge >= 0.3 is 5.97 Å². The van der Waals surface area contributed by atoms with Crippen LogP contribution in [0.4, 0.5) is 0 Å². The molecule has 3 heteroatoms. The van der Waals surface area contributed by atoms with Crippen molar-refractivity contribution in [3.05, 3.63) is 12.8 Å². The number of carbonyl (C=O) groups excluding carboxylic acids is 1. The maximum absolute atomic E-state index is 11.0. The molecule has 0 spiro atoms. The Bertz CT molecular complexity index is 131. The summed E-state index contributed by atoms with van der Waals surface area (Å²) in [6, 6.07) is 0. The number of carbonyl (C=O) groups is 1. The van der Waals surface area contributed by atoms with Gasteiger partial charge in [-0.2, -0.15) is 0 Å². The van der Waals surface area contributed by atoms with Gasteiger partial charge in [0.2, 0.25) is 0 Å². The van der Waals surface area contributed by atoms with Gasteiger partial charge in [-0.15, -0.1) is 0 Å². The van der Waals surface area contributed by atoms with Crippen LogP contribution in [-0.4, -0.2) is 18.7 Å². The lowest BCUT2D eigenvalue weighted by molar-refractivity contribution is -0.153. The Morgan fingerprint density at radius 1 is 1.64 bits per heavy atom. The predicted octanol–water partition coefficient (Wildman–Crippen LogP) is 1.49. The molecule has 1 unspecified atom stereocenters. The topological polar surface area (TPSA) is 35.5 Å². The zero-order valence-corrected chi connectivity index (χ0v) is 7.00. The second kappa shape index (κ2) is 5.77. The molecular formula is C8H14O3. The van der Waals surface area contributed by atoms with Crippen LogP contribution in [0.5, 0.6) is 0 Å². The Kier molecular flexibility index (Phi) is 5.25. The summed E-state index contributed by atoms with van der Waals surface area (Å²) in [6.45, 7) is 7.36. The van der Waals surface area contributed by atoms with E-state index in [1.165, 1.54) is 6.26 Å². The normalized spacial score (nSPS) is 11.8. The van der Waals surface area contributed by atoms with E-state index in [2.05, 4.69) is 6.58 Å². The van der Waals surface area contributed by atoms with Gasteiger partial charge in [0.15, 0.2) is 6.10 Å². The quantitative estimate of drug-likeness (QED) is 0.449. The minimum absolute atomic E-state index is 0.324. The van der Waals surface area contributed by atoms with E-state index in [0.717, 1.165) is 0 Å². The van der Waals surface area contributed by atoms with Crippen molar-refractivity contribution in [1.29, 1.82) is 0 Å². The van der Waals surface area contributed by atoms with Crippen molar-refractivity contribution in [3.63, 3.8) is 0 Å². The van der Waals surface area contributed by atoms with Crippen LogP contribution in [0.1, 0.15) is 20.3 Å². The van der Waals surface area contributed by atoms with Crippen molar-refractivity contribution in [2.75, 3.05) is 6.61 Å². The third-order valence-corrected chi connectivity index (χ3v) is 1.18. The van der Waals surface area contributed by atoms with Gasteiger partial charge in [0.05, 0.1) is 12.9 Å². The fourth-order valence-corrected chi connectivity index (χ4v) is 0.670. The summed E-state index contributed by atoms with van der Waals surface area (Å²) < 4.78 is 9.63. The number of esters is 1. The first-order valence-electron chi connectivity index (χ1n) is 3.69. The lowest BCUT2D eigenvalue weighted by Crippen LogP contribution is -2.23. The lowest BCUT2D eigenvalue weighted by atomic mass is 10.3. The third-order valence-electron chi connectivity index (χ3n) is 1.18. The standard InChI is InChI=1S/C8H14O3/c1-4-7(10-5-2)8(9)11-6-3/h5,7H,2,4,6H2,1,3H3. The molecule has 0 aromatic rings. The average molecular weight is 158 g/mol. The molecule has 0 aliphatic rings. The summed E-state index contributed by atoms with van der Waals surface area (Å²) in [7, 11) is 0. The van der Waals surface area contributed by atoms with Gasteiger partial charge in [0.25, 0.3) is 0 Å². The Hall–Kier alpha value is -0.990. The molecule has 0 aliphatic heterocycles. The Balaban J connectivity index is 3.80. The molecule has 0 rings (SSSR count). The highest BCUT2D eigenvalue weighted by Crippen LogP contribution is 2.00. The van der Waals surface area contributed by atoms with E-state index in [4.69, 9.17) is 9.47 Å². The Morgan fingerprint density at radius 3 is 2.64 bits per heavy atom. The Morgan fingerprint density at radius 2 is 2.27 bits per heavy atom. The molecule has 0 heterocycles. The molecule has 0 saturated carbocycles. The van der Waals surface area contributed by atoms with E-state index in [-0.39, 0.29) is 5.97 Å². The summed E-state index contributed by atoms with van der Waals surface area (Å²) in [4.78, 5) is 11.0. The van der Waals surface area contributed by atoms with Gasteiger partial charge in [0.1, 0.15) is 0 Å². The first-order valence-corrected chi connectivity index (χ1v) is 3.69. The lowest BCUT2D eigenvalue weighted by Gasteiger charge is -2.11. The molecule has 0 fully saturated rings. The summed E-state index contributed by atoms with van der Waals surface area (Å²) in [5, 5.41) is 0. The molecule has 0 amide bonds. The zero-order valence-electron chi connectivity index (χ0n) is 7.00. The molecular weight excluding hydrogens is 144 g/mol. The number of rotatable bonds is 5. The smallest absolute Gasteiger partial charge is 0.347 e. The van der Waals surface area contributed by atoms with E-state index in [9.17, 15) is 4.79 Å². The van der Waals surface area contributed by atoms with Gasteiger partial charge in [-0.05, 0) is 13.3 Å². The van der Waals surface area contributed by atoms with Crippen LogP contribution in [0.25, 0.3) is 0 Å². The molecule has 0 radical (unpaired) electrons. The first kappa shape index (κ1) is 10.0.